The average molecular weight is 297 g/mol. The third kappa shape index (κ3) is 3.72. The highest BCUT2D eigenvalue weighted by molar-refractivity contribution is 7.98. The number of benzene rings is 2. The maximum Gasteiger partial charge on any atom is 0.336 e. The average Bonchev–Trinajstić information content (AvgIpc) is 2.39. The number of carboxylic acid groups (broad SMARTS) is 1. The van der Waals surface area contributed by atoms with E-state index >= 15 is 0 Å². The normalized spacial score (nSPS) is 10.4. The lowest BCUT2D eigenvalue weighted by atomic mass is 10.2. The number of carbonyl (C=O) groups is 1. The fraction of sp³-hybridized carbons (Fsp3) is 0.0714. The second-order valence-electron chi connectivity index (χ2n) is 3.86. The molecule has 0 bridgehead atoms. The first-order valence-electron chi connectivity index (χ1n) is 5.46. The van der Waals surface area contributed by atoms with Gasteiger partial charge in [-0.05, 0) is 35.9 Å². The lowest BCUT2D eigenvalue weighted by Crippen LogP contribution is -1.99. The number of hydrogen-bond acceptors (Lipinski definition) is 2. The van der Waals surface area contributed by atoms with E-state index < -0.39 is 11.8 Å². The van der Waals surface area contributed by atoms with Crippen LogP contribution in [0.5, 0.6) is 0 Å². The summed E-state index contributed by atoms with van der Waals surface area (Å²) in [7, 11) is 0. The molecule has 0 aromatic heterocycles. The molecule has 2 rings (SSSR count). The minimum Gasteiger partial charge on any atom is -0.478 e. The highest BCUT2D eigenvalue weighted by Crippen LogP contribution is 2.27. The Morgan fingerprint density at radius 1 is 1.21 bits per heavy atom. The molecule has 0 fully saturated rings. The molecule has 0 atom stereocenters. The summed E-state index contributed by atoms with van der Waals surface area (Å²) in [6.45, 7) is 0. The number of halogens is 2. The summed E-state index contributed by atoms with van der Waals surface area (Å²) >= 11 is 7.14. The van der Waals surface area contributed by atoms with Gasteiger partial charge in [-0.2, -0.15) is 0 Å². The van der Waals surface area contributed by atoms with Gasteiger partial charge in [0.1, 0.15) is 5.82 Å². The summed E-state index contributed by atoms with van der Waals surface area (Å²) in [6.07, 6.45) is 0. The number of rotatable bonds is 4. The van der Waals surface area contributed by atoms with E-state index in [1.807, 2.05) is 12.1 Å². The highest BCUT2D eigenvalue weighted by atomic mass is 35.5. The van der Waals surface area contributed by atoms with E-state index in [4.69, 9.17) is 16.7 Å². The minimum absolute atomic E-state index is 0.0148. The van der Waals surface area contributed by atoms with Gasteiger partial charge < -0.3 is 5.11 Å². The first-order valence-corrected chi connectivity index (χ1v) is 6.83. The van der Waals surface area contributed by atoms with Crippen LogP contribution in [0, 0.1) is 5.82 Å². The molecule has 0 aliphatic rings. The van der Waals surface area contributed by atoms with E-state index in [2.05, 4.69) is 0 Å². The van der Waals surface area contributed by atoms with Crippen molar-refractivity contribution in [1.29, 1.82) is 0 Å². The quantitative estimate of drug-likeness (QED) is 0.846. The van der Waals surface area contributed by atoms with Gasteiger partial charge in [-0.3, -0.25) is 0 Å². The monoisotopic (exact) mass is 296 g/mol. The molecule has 0 heterocycles. The Labute approximate surface area is 119 Å². The molecule has 0 amide bonds. The summed E-state index contributed by atoms with van der Waals surface area (Å²) < 4.78 is 13.0. The van der Waals surface area contributed by atoms with Crippen molar-refractivity contribution >= 4 is 29.3 Å². The van der Waals surface area contributed by atoms with Crippen LogP contribution in [0.3, 0.4) is 0 Å². The smallest absolute Gasteiger partial charge is 0.336 e. The molecule has 0 saturated carbocycles. The van der Waals surface area contributed by atoms with Crippen molar-refractivity contribution in [2.24, 2.45) is 0 Å². The van der Waals surface area contributed by atoms with Gasteiger partial charge in [0, 0.05) is 15.7 Å². The van der Waals surface area contributed by atoms with Crippen LogP contribution in [-0.2, 0) is 5.75 Å². The Hall–Kier alpha value is -1.52. The maximum absolute atomic E-state index is 13.0. The van der Waals surface area contributed by atoms with Gasteiger partial charge in [-0.1, -0.05) is 23.7 Å². The summed E-state index contributed by atoms with van der Waals surface area (Å²) in [5.41, 5.74) is 1.01. The number of carboxylic acids is 1. The van der Waals surface area contributed by atoms with Gasteiger partial charge in [0.05, 0.1) is 5.56 Å². The van der Waals surface area contributed by atoms with Gasteiger partial charge in [-0.25, -0.2) is 9.18 Å². The van der Waals surface area contributed by atoms with E-state index in [1.54, 1.807) is 12.1 Å². The molecule has 0 aliphatic heterocycles. The van der Waals surface area contributed by atoms with Crippen LogP contribution in [0.4, 0.5) is 4.39 Å². The van der Waals surface area contributed by atoms with E-state index in [1.165, 1.54) is 23.9 Å². The molecule has 2 aromatic carbocycles. The van der Waals surface area contributed by atoms with E-state index in [-0.39, 0.29) is 5.56 Å². The van der Waals surface area contributed by atoms with Crippen LogP contribution < -0.4 is 0 Å². The first kappa shape index (κ1) is 13.9. The van der Waals surface area contributed by atoms with Gasteiger partial charge in [0.2, 0.25) is 0 Å². The zero-order chi connectivity index (χ0) is 13.8. The zero-order valence-electron chi connectivity index (χ0n) is 9.77. The van der Waals surface area contributed by atoms with Crippen molar-refractivity contribution in [2.75, 3.05) is 0 Å². The zero-order valence-corrected chi connectivity index (χ0v) is 11.3. The predicted octanol–water partition coefficient (Wildman–Crippen LogP) is 4.47. The van der Waals surface area contributed by atoms with E-state index in [0.29, 0.717) is 15.7 Å². The second kappa shape index (κ2) is 6.08. The molecule has 1 N–H and O–H groups in total. The highest BCUT2D eigenvalue weighted by Gasteiger charge is 2.11. The second-order valence-corrected chi connectivity index (χ2v) is 5.31. The van der Waals surface area contributed by atoms with Crippen LogP contribution in [0.2, 0.25) is 5.02 Å². The number of thioether (sulfide) groups is 1. The summed E-state index contributed by atoms with van der Waals surface area (Å²) in [6, 6.07) is 11.1. The third-order valence-electron chi connectivity index (χ3n) is 2.48. The number of hydrogen-bond donors (Lipinski definition) is 1. The van der Waals surface area contributed by atoms with Gasteiger partial charge in [-0.15, -0.1) is 11.8 Å². The largest absolute Gasteiger partial charge is 0.478 e. The van der Waals surface area contributed by atoms with Crippen LogP contribution in [0.1, 0.15) is 15.9 Å². The lowest BCUT2D eigenvalue weighted by molar-refractivity contribution is 0.0692. The van der Waals surface area contributed by atoms with Crippen molar-refractivity contribution in [3.63, 3.8) is 0 Å². The molecule has 0 unspecified atom stereocenters. The van der Waals surface area contributed by atoms with Crippen LogP contribution >= 0.6 is 23.4 Å². The fourth-order valence-corrected chi connectivity index (χ4v) is 2.64. The van der Waals surface area contributed by atoms with Gasteiger partial charge in [0.15, 0.2) is 0 Å². The molecule has 0 radical (unpaired) electrons. The van der Waals surface area contributed by atoms with Crippen molar-refractivity contribution in [1.82, 2.24) is 0 Å². The SMILES string of the molecule is O=C(O)c1cc(F)ccc1SCc1ccc(Cl)cc1. The summed E-state index contributed by atoms with van der Waals surface area (Å²) in [4.78, 5) is 11.6. The third-order valence-corrected chi connectivity index (χ3v) is 3.88. The fourth-order valence-electron chi connectivity index (χ4n) is 1.54. The Kier molecular flexibility index (Phi) is 4.45. The molecule has 19 heavy (non-hydrogen) atoms. The van der Waals surface area contributed by atoms with Crippen molar-refractivity contribution in [3.8, 4) is 0 Å². The minimum atomic E-state index is -1.13. The molecular weight excluding hydrogens is 287 g/mol. The molecule has 0 spiro atoms. The van der Waals surface area contributed by atoms with Gasteiger partial charge >= 0.3 is 5.97 Å². The first-order chi connectivity index (χ1) is 9.06. The van der Waals surface area contributed by atoms with Crippen LogP contribution in [0.15, 0.2) is 47.4 Å². The van der Waals surface area contributed by atoms with E-state index in [9.17, 15) is 9.18 Å². The van der Waals surface area contributed by atoms with E-state index in [0.717, 1.165) is 11.6 Å². The van der Waals surface area contributed by atoms with Gasteiger partial charge in [0.25, 0.3) is 0 Å². The summed E-state index contributed by atoms with van der Waals surface area (Å²) in [5, 5.41) is 9.68. The maximum atomic E-state index is 13.0. The standard InChI is InChI=1S/C14H10ClFO2S/c15-10-3-1-9(2-4-10)8-19-13-6-5-11(16)7-12(13)14(17)18/h1-7H,8H2,(H,17,18). The number of aromatic carboxylic acids is 1. The Balaban J connectivity index is 2.15. The molecular formula is C14H10ClFO2S. The summed E-state index contributed by atoms with van der Waals surface area (Å²) in [5.74, 6) is -1.07. The molecule has 0 aliphatic carbocycles. The van der Waals surface area contributed by atoms with Crippen molar-refractivity contribution in [2.45, 2.75) is 10.6 Å². The molecule has 98 valence electrons. The Bertz CT molecular complexity index is 599. The Morgan fingerprint density at radius 2 is 1.89 bits per heavy atom. The van der Waals surface area contributed by atoms with Crippen LogP contribution in [-0.4, -0.2) is 11.1 Å². The Morgan fingerprint density at radius 3 is 2.53 bits per heavy atom. The molecule has 5 heteroatoms. The van der Waals surface area contributed by atoms with Crippen LogP contribution in [0.25, 0.3) is 0 Å². The topological polar surface area (TPSA) is 37.3 Å². The lowest BCUT2D eigenvalue weighted by Gasteiger charge is -2.06. The van der Waals surface area contributed by atoms with Crippen molar-refractivity contribution in [3.05, 3.63) is 64.4 Å². The van der Waals surface area contributed by atoms with Crippen molar-refractivity contribution < 1.29 is 14.3 Å². The predicted molar refractivity (Wildman–Crippen MR) is 74.4 cm³/mol. The molecule has 2 nitrogen and oxygen atoms in total. The molecule has 2 aromatic rings. The molecule has 0 saturated heterocycles.